The Kier molecular flexibility index (Phi) is 13.8. The molecule has 2 amide bonds. The van der Waals surface area contributed by atoms with Crippen LogP contribution in [0, 0.1) is 29.1 Å². The van der Waals surface area contributed by atoms with Crippen molar-refractivity contribution in [3.63, 3.8) is 0 Å². The van der Waals surface area contributed by atoms with Gasteiger partial charge in [0.25, 0.3) is 0 Å². The highest BCUT2D eigenvalue weighted by atomic mass is 32.2. The summed E-state index contributed by atoms with van der Waals surface area (Å²) >= 11 is 0. The number of hydrogen-bond acceptors (Lipinski definition) is 11. The summed E-state index contributed by atoms with van der Waals surface area (Å²) in [6.45, 7) is 15.2. The van der Waals surface area contributed by atoms with E-state index < -0.39 is 55.7 Å². The molecule has 4 aliphatic rings. The summed E-state index contributed by atoms with van der Waals surface area (Å²) in [6, 6.07) is 14.0. The number of allylic oxidation sites excluding steroid dienone is 2. The van der Waals surface area contributed by atoms with Crippen LogP contribution in [0.2, 0.25) is 0 Å². The molecule has 1 unspecified atom stereocenters. The Hall–Kier alpha value is -4.98. The molecule has 3 heterocycles. The average Bonchev–Trinajstić information content (AvgIpc) is 4.14. The third-order valence-corrected chi connectivity index (χ3v) is 16.1. The number of fused-ring (bicyclic) bond motifs is 3. The molecule has 352 valence electrons. The van der Waals surface area contributed by atoms with Crippen LogP contribution in [-0.4, -0.2) is 84.1 Å². The molecule has 1 aromatic heterocycles. The minimum absolute atomic E-state index is 0.00731. The highest BCUT2D eigenvalue weighted by Gasteiger charge is 2.63. The monoisotopic (exact) mass is 913 g/mol. The summed E-state index contributed by atoms with van der Waals surface area (Å²) in [5.74, 6) is -1.25. The van der Waals surface area contributed by atoms with E-state index in [9.17, 15) is 22.8 Å². The maximum Gasteiger partial charge on any atom is 0.307 e. The van der Waals surface area contributed by atoms with Crippen molar-refractivity contribution < 1.29 is 46.5 Å². The van der Waals surface area contributed by atoms with Crippen molar-refractivity contribution in [3.05, 3.63) is 60.7 Å². The van der Waals surface area contributed by atoms with E-state index in [0.717, 1.165) is 17.7 Å². The first-order valence-corrected chi connectivity index (χ1v) is 24.9. The van der Waals surface area contributed by atoms with Gasteiger partial charge in [0.15, 0.2) is 5.78 Å². The Morgan fingerprint density at radius 2 is 1.71 bits per heavy atom. The molecule has 0 spiro atoms. The molecule has 13 nitrogen and oxygen atoms in total. The molecule has 0 bridgehead atoms. The number of ether oxygens (including phenoxy) is 4. The SMILES string of the molecule is CCC1(S(=O)(=O)NC(=O)[C@]23CC(=O)[C@@H]4C[C@@H](Oc5cc(-c6ccc(OC(C)C)cc6)nc6cc(OC)ccc56)CN4C(=O)[C@@H](CC(=O)OC(C)(C)C)[C@H](C)CC(C)CC/C=C\[C@@H]2C3)CC1. The quantitative estimate of drug-likeness (QED) is 0.136. The van der Waals surface area contributed by atoms with E-state index in [1.807, 2.05) is 81.5 Å². The lowest BCUT2D eigenvalue weighted by molar-refractivity contribution is -0.160. The van der Waals surface area contributed by atoms with Crippen LogP contribution in [0.25, 0.3) is 22.2 Å². The van der Waals surface area contributed by atoms with Crippen LogP contribution in [0.5, 0.6) is 17.2 Å². The summed E-state index contributed by atoms with van der Waals surface area (Å²) < 4.78 is 52.7. The molecule has 14 heteroatoms. The van der Waals surface area contributed by atoms with E-state index in [4.69, 9.17) is 23.9 Å². The largest absolute Gasteiger partial charge is 0.497 e. The van der Waals surface area contributed by atoms with Gasteiger partial charge in [-0.05, 0) is 134 Å². The zero-order valence-electron chi connectivity index (χ0n) is 39.5. The Balaban J connectivity index is 1.26. The van der Waals surface area contributed by atoms with E-state index in [1.165, 1.54) is 0 Å². The van der Waals surface area contributed by atoms with Crippen molar-refractivity contribution in [2.75, 3.05) is 13.7 Å². The molecular weight excluding hydrogens is 847 g/mol. The van der Waals surface area contributed by atoms with Gasteiger partial charge in [0.2, 0.25) is 21.8 Å². The summed E-state index contributed by atoms with van der Waals surface area (Å²) in [5, 5.41) is 0.701. The van der Waals surface area contributed by atoms with Crippen LogP contribution < -0.4 is 18.9 Å². The van der Waals surface area contributed by atoms with Gasteiger partial charge in [0.1, 0.15) is 29.0 Å². The summed E-state index contributed by atoms with van der Waals surface area (Å²) in [5.41, 5.74) is -0.0000265. The van der Waals surface area contributed by atoms with Crippen molar-refractivity contribution in [2.24, 2.45) is 29.1 Å². The molecule has 2 aromatic carbocycles. The number of esters is 1. The van der Waals surface area contributed by atoms with Crippen molar-refractivity contribution in [2.45, 2.75) is 148 Å². The molecule has 3 aromatic rings. The molecule has 2 saturated carbocycles. The third-order valence-electron chi connectivity index (χ3n) is 13.8. The fourth-order valence-corrected chi connectivity index (χ4v) is 11.5. The van der Waals surface area contributed by atoms with E-state index in [1.54, 1.807) is 39.7 Å². The summed E-state index contributed by atoms with van der Waals surface area (Å²) in [7, 11) is -2.41. The van der Waals surface area contributed by atoms with Crippen molar-refractivity contribution in [3.8, 4) is 28.5 Å². The lowest BCUT2D eigenvalue weighted by Crippen LogP contribution is -2.48. The highest BCUT2D eigenvalue weighted by Crippen LogP contribution is 2.58. The zero-order valence-corrected chi connectivity index (χ0v) is 40.3. The molecule has 1 N–H and O–H groups in total. The number of pyridine rings is 1. The van der Waals surface area contributed by atoms with Gasteiger partial charge in [-0.25, -0.2) is 13.4 Å². The number of ketones is 1. The molecule has 3 fully saturated rings. The van der Waals surface area contributed by atoms with Gasteiger partial charge in [-0.15, -0.1) is 0 Å². The van der Waals surface area contributed by atoms with Gasteiger partial charge in [0, 0.05) is 35.9 Å². The first-order chi connectivity index (χ1) is 30.7. The third kappa shape index (κ3) is 10.7. The van der Waals surface area contributed by atoms with Gasteiger partial charge in [0.05, 0.1) is 59.5 Å². The molecule has 2 aliphatic heterocycles. The predicted octanol–water partition coefficient (Wildman–Crippen LogP) is 8.76. The first kappa shape index (κ1) is 48.0. The number of benzene rings is 2. The van der Waals surface area contributed by atoms with Crippen LogP contribution in [0.15, 0.2) is 60.7 Å². The van der Waals surface area contributed by atoms with E-state index in [0.29, 0.717) is 66.6 Å². The van der Waals surface area contributed by atoms with Crippen molar-refractivity contribution in [1.29, 1.82) is 0 Å². The van der Waals surface area contributed by atoms with Gasteiger partial charge in [-0.1, -0.05) is 32.9 Å². The minimum atomic E-state index is -3.99. The van der Waals surface area contributed by atoms with Crippen LogP contribution in [0.4, 0.5) is 0 Å². The number of carbonyl (C=O) groups is 4. The Morgan fingerprint density at radius 3 is 2.35 bits per heavy atom. The maximum atomic E-state index is 15.2. The number of Topliss-reactive ketones (excluding diaryl/α,β-unsaturated/α-hetero) is 1. The van der Waals surface area contributed by atoms with Crippen LogP contribution in [0.1, 0.15) is 120 Å². The minimum Gasteiger partial charge on any atom is -0.497 e. The number of rotatable bonds is 12. The smallest absolute Gasteiger partial charge is 0.307 e. The number of carbonyl (C=O) groups excluding carboxylic acids is 4. The summed E-state index contributed by atoms with van der Waals surface area (Å²) in [6.07, 6.45) is 6.82. The van der Waals surface area contributed by atoms with Crippen LogP contribution in [0.3, 0.4) is 0 Å². The van der Waals surface area contributed by atoms with Crippen LogP contribution in [-0.2, 0) is 33.9 Å². The Morgan fingerprint density at radius 1 is 1.00 bits per heavy atom. The van der Waals surface area contributed by atoms with Crippen molar-refractivity contribution >= 4 is 44.5 Å². The molecular formula is C51H67N3O10S. The topological polar surface area (TPSA) is 168 Å². The summed E-state index contributed by atoms with van der Waals surface area (Å²) in [4.78, 5) is 64.5. The lowest BCUT2D eigenvalue weighted by Gasteiger charge is -2.32. The van der Waals surface area contributed by atoms with E-state index in [-0.39, 0.29) is 61.4 Å². The number of aromatic nitrogens is 1. The van der Waals surface area contributed by atoms with Crippen molar-refractivity contribution in [1.82, 2.24) is 14.6 Å². The standard InChI is InChI=1S/C51H67N3O10S/c1-10-50(21-22-50)65(59,60)53-48(58)51-28-35(51)14-12-11-13-32(4)23-33(5)40(26-46(56)64-49(6,7)8)47(57)54-30-38(25-43(54)44(55)29-51)63-45-27-41(34-15-17-36(18-16-34)62-31(2)3)52-42-24-37(61-9)19-20-39(42)45/h12,14-20,24,27,31-33,35,38,40,43H,10-11,13,21-23,25-26,28-30H2,1-9H3,(H,53,58)/b14-12-/t32?,33-,35-,38-,40+,43+,51-/m1/s1. The van der Waals surface area contributed by atoms with Gasteiger partial charge >= 0.3 is 5.97 Å². The number of amides is 2. The first-order valence-electron chi connectivity index (χ1n) is 23.4. The average molecular weight is 914 g/mol. The highest BCUT2D eigenvalue weighted by molar-refractivity contribution is 7.91. The van der Waals surface area contributed by atoms with E-state index in [2.05, 4.69) is 11.6 Å². The Labute approximate surface area is 384 Å². The number of methoxy groups -OCH3 is 1. The molecule has 7 rings (SSSR count). The molecule has 1 saturated heterocycles. The van der Waals surface area contributed by atoms with Crippen LogP contribution >= 0.6 is 0 Å². The molecule has 2 aliphatic carbocycles. The molecule has 65 heavy (non-hydrogen) atoms. The second-order valence-corrected chi connectivity index (χ2v) is 22.4. The fraction of sp³-hybridized carbons (Fsp3) is 0.588. The van der Waals surface area contributed by atoms with Gasteiger partial charge in [-0.3, -0.25) is 23.9 Å². The second kappa shape index (κ2) is 18.7. The number of nitrogens with one attached hydrogen (secondary N) is 1. The van der Waals surface area contributed by atoms with Gasteiger partial charge in [-0.2, -0.15) is 0 Å². The van der Waals surface area contributed by atoms with E-state index >= 15 is 4.79 Å². The Bertz CT molecular complexity index is 2420. The number of nitrogens with zero attached hydrogens (tertiary/aromatic N) is 2. The fourth-order valence-electron chi connectivity index (χ4n) is 9.84. The molecule has 0 radical (unpaired) electrons. The lowest BCUT2D eigenvalue weighted by atomic mass is 9.82. The number of hydrogen-bond donors (Lipinski definition) is 1. The second-order valence-electron chi connectivity index (χ2n) is 20.4. The zero-order chi connectivity index (χ0) is 47.1. The van der Waals surface area contributed by atoms with Gasteiger partial charge < -0.3 is 23.8 Å². The molecule has 7 atom stereocenters. The maximum absolute atomic E-state index is 15.2. The predicted molar refractivity (Wildman–Crippen MR) is 249 cm³/mol. The normalized spacial score (nSPS) is 27.4. The number of sulfonamides is 1.